The Morgan fingerprint density at radius 1 is 1.32 bits per heavy atom. The van der Waals surface area contributed by atoms with Crippen molar-refractivity contribution < 1.29 is 22.9 Å². The van der Waals surface area contributed by atoms with Crippen molar-refractivity contribution >= 4 is 21.4 Å². The van der Waals surface area contributed by atoms with Gasteiger partial charge in [0, 0.05) is 6.07 Å². The molecule has 1 atom stereocenters. The van der Waals surface area contributed by atoms with E-state index in [1.54, 1.807) is 19.1 Å². The molecule has 2 rings (SSSR count). The van der Waals surface area contributed by atoms with Crippen LogP contribution in [-0.2, 0) is 15.6 Å². The standard InChI is InChI=1S/C15H19N3O6S/c1-10-4-7-14(24-10)15(2,19)9-17-12-6-5-11(25(22,23)16-3)8-13(12)18(20)21/h4-8,16-17,19H,9H2,1-3H3. The van der Waals surface area contributed by atoms with Crippen molar-refractivity contribution in [3.8, 4) is 0 Å². The predicted molar refractivity (Wildman–Crippen MR) is 90.8 cm³/mol. The number of rotatable bonds is 7. The Hall–Kier alpha value is -2.43. The average Bonchev–Trinajstić information content (AvgIpc) is 3.00. The monoisotopic (exact) mass is 369 g/mol. The molecular formula is C15H19N3O6S. The van der Waals surface area contributed by atoms with Crippen LogP contribution in [0.5, 0.6) is 0 Å². The Bertz CT molecular complexity index is 888. The fourth-order valence-electron chi connectivity index (χ4n) is 2.18. The second kappa shape index (κ2) is 6.82. The van der Waals surface area contributed by atoms with Gasteiger partial charge in [0.05, 0.1) is 16.4 Å². The number of furan rings is 1. The van der Waals surface area contributed by atoms with E-state index in [1.807, 2.05) is 0 Å². The van der Waals surface area contributed by atoms with Crippen molar-refractivity contribution in [2.45, 2.75) is 24.3 Å². The van der Waals surface area contributed by atoms with Gasteiger partial charge in [-0.25, -0.2) is 13.1 Å². The molecule has 0 bridgehead atoms. The van der Waals surface area contributed by atoms with Crippen LogP contribution in [0.25, 0.3) is 0 Å². The Morgan fingerprint density at radius 3 is 2.52 bits per heavy atom. The maximum Gasteiger partial charge on any atom is 0.293 e. The highest BCUT2D eigenvalue weighted by Crippen LogP contribution is 2.29. The zero-order chi connectivity index (χ0) is 18.8. The molecule has 1 unspecified atom stereocenters. The molecule has 1 aromatic carbocycles. The molecule has 25 heavy (non-hydrogen) atoms. The summed E-state index contributed by atoms with van der Waals surface area (Å²) in [5, 5.41) is 24.5. The largest absolute Gasteiger partial charge is 0.463 e. The van der Waals surface area contributed by atoms with Crippen LogP contribution in [0.15, 0.2) is 39.6 Å². The number of anilines is 1. The van der Waals surface area contributed by atoms with Crippen LogP contribution >= 0.6 is 0 Å². The topological polar surface area (TPSA) is 135 Å². The Kier molecular flexibility index (Phi) is 5.16. The number of nitro groups is 1. The molecule has 0 saturated heterocycles. The molecule has 136 valence electrons. The van der Waals surface area contributed by atoms with Gasteiger partial charge in [-0.1, -0.05) is 0 Å². The minimum Gasteiger partial charge on any atom is -0.463 e. The number of sulfonamides is 1. The zero-order valence-corrected chi connectivity index (χ0v) is 14.8. The maximum absolute atomic E-state index is 11.8. The molecule has 0 aliphatic heterocycles. The zero-order valence-electron chi connectivity index (χ0n) is 13.9. The summed E-state index contributed by atoms with van der Waals surface area (Å²) in [6, 6.07) is 6.80. The van der Waals surface area contributed by atoms with Gasteiger partial charge in [-0.2, -0.15) is 0 Å². The third kappa shape index (κ3) is 4.16. The van der Waals surface area contributed by atoms with E-state index >= 15 is 0 Å². The second-order valence-corrected chi connectivity index (χ2v) is 7.57. The van der Waals surface area contributed by atoms with Crippen molar-refractivity contribution in [1.29, 1.82) is 0 Å². The van der Waals surface area contributed by atoms with Crippen LogP contribution in [0.2, 0.25) is 0 Å². The number of aryl methyl sites for hydroxylation is 1. The molecule has 0 amide bonds. The van der Waals surface area contributed by atoms with Crippen LogP contribution in [0, 0.1) is 17.0 Å². The average molecular weight is 369 g/mol. The molecule has 0 saturated carbocycles. The minimum atomic E-state index is -3.80. The SMILES string of the molecule is CNS(=O)(=O)c1ccc(NCC(C)(O)c2ccc(C)o2)c([N+](=O)[O-])c1. The number of nitrogens with zero attached hydrogens (tertiary/aromatic N) is 1. The lowest BCUT2D eigenvalue weighted by Crippen LogP contribution is -2.30. The number of hydrogen-bond acceptors (Lipinski definition) is 7. The first kappa shape index (κ1) is 18.9. The molecule has 2 aromatic rings. The van der Waals surface area contributed by atoms with Crippen LogP contribution in [-0.4, -0.2) is 32.0 Å². The van der Waals surface area contributed by atoms with Gasteiger partial charge >= 0.3 is 0 Å². The van der Waals surface area contributed by atoms with Gasteiger partial charge in [0.25, 0.3) is 5.69 Å². The number of hydrogen-bond donors (Lipinski definition) is 3. The number of aliphatic hydroxyl groups is 1. The number of nitro benzene ring substituents is 1. The lowest BCUT2D eigenvalue weighted by atomic mass is 10.0. The maximum atomic E-state index is 11.8. The third-order valence-electron chi connectivity index (χ3n) is 3.64. The van der Waals surface area contributed by atoms with Gasteiger partial charge in [-0.3, -0.25) is 10.1 Å². The van der Waals surface area contributed by atoms with Crippen molar-refractivity contribution in [2.24, 2.45) is 0 Å². The van der Waals surface area contributed by atoms with Crippen LogP contribution in [0.1, 0.15) is 18.4 Å². The molecule has 1 aromatic heterocycles. The highest BCUT2D eigenvalue weighted by Gasteiger charge is 2.28. The highest BCUT2D eigenvalue weighted by molar-refractivity contribution is 7.89. The summed E-state index contributed by atoms with van der Waals surface area (Å²) in [4.78, 5) is 10.3. The van der Waals surface area contributed by atoms with E-state index in [9.17, 15) is 23.6 Å². The van der Waals surface area contributed by atoms with Crippen molar-refractivity contribution in [3.05, 3.63) is 52.0 Å². The number of nitrogens with one attached hydrogen (secondary N) is 2. The summed E-state index contributed by atoms with van der Waals surface area (Å²) in [6.45, 7) is 3.17. The van der Waals surface area contributed by atoms with E-state index in [4.69, 9.17) is 4.42 Å². The summed E-state index contributed by atoms with van der Waals surface area (Å²) < 4.78 is 31.1. The Balaban J connectivity index is 2.29. The molecule has 1 heterocycles. The van der Waals surface area contributed by atoms with Gasteiger partial charge in [0.2, 0.25) is 10.0 Å². The molecular weight excluding hydrogens is 350 g/mol. The molecule has 0 fully saturated rings. The van der Waals surface area contributed by atoms with Gasteiger partial charge < -0.3 is 14.8 Å². The smallest absolute Gasteiger partial charge is 0.293 e. The molecule has 0 spiro atoms. The van der Waals surface area contributed by atoms with Gasteiger partial charge in [-0.05, 0) is 45.2 Å². The molecule has 0 radical (unpaired) electrons. The van der Waals surface area contributed by atoms with Gasteiger partial charge in [-0.15, -0.1) is 0 Å². The number of benzene rings is 1. The summed E-state index contributed by atoms with van der Waals surface area (Å²) >= 11 is 0. The molecule has 0 aliphatic rings. The van der Waals surface area contributed by atoms with E-state index in [2.05, 4.69) is 10.0 Å². The van der Waals surface area contributed by atoms with Crippen molar-refractivity contribution in [1.82, 2.24) is 4.72 Å². The molecule has 10 heteroatoms. The minimum absolute atomic E-state index is 0.0705. The fourth-order valence-corrected chi connectivity index (χ4v) is 2.93. The summed E-state index contributed by atoms with van der Waals surface area (Å²) in [6.07, 6.45) is 0. The molecule has 0 aliphatic carbocycles. The van der Waals surface area contributed by atoms with Gasteiger partial charge in [0.15, 0.2) is 0 Å². The third-order valence-corrected chi connectivity index (χ3v) is 5.05. The Morgan fingerprint density at radius 2 is 2.00 bits per heavy atom. The molecule has 3 N–H and O–H groups in total. The van der Waals surface area contributed by atoms with Crippen LogP contribution < -0.4 is 10.0 Å². The van der Waals surface area contributed by atoms with E-state index in [0.717, 1.165) is 6.07 Å². The van der Waals surface area contributed by atoms with E-state index < -0.39 is 26.2 Å². The van der Waals surface area contributed by atoms with Crippen LogP contribution in [0.4, 0.5) is 11.4 Å². The summed E-state index contributed by atoms with van der Waals surface area (Å²) in [5.74, 6) is 0.942. The summed E-state index contributed by atoms with van der Waals surface area (Å²) in [5.41, 5.74) is -1.73. The first-order valence-electron chi connectivity index (χ1n) is 7.32. The predicted octanol–water partition coefficient (Wildman–Crippen LogP) is 1.72. The first-order valence-corrected chi connectivity index (χ1v) is 8.80. The van der Waals surface area contributed by atoms with Crippen molar-refractivity contribution in [2.75, 3.05) is 18.9 Å². The van der Waals surface area contributed by atoms with Crippen molar-refractivity contribution in [3.63, 3.8) is 0 Å². The second-order valence-electron chi connectivity index (χ2n) is 5.68. The van der Waals surface area contributed by atoms with E-state index in [-0.39, 0.29) is 17.1 Å². The van der Waals surface area contributed by atoms with Gasteiger partial charge in [0.1, 0.15) is 22.8 Å². The van der Waals surface area contributed by atoms with E-state index in [1.165, 1.54) is 26.1 Å². The molecule has 9 nitrogen and oxygen atoms in total. The van der Waals surface area contributed by atoms with Crippen LogP contribution in [0.3, 0.4) is 0 Å². The summed E-state index contributed by atoms with van der Waals surface area (Å²) in [7, 11) is -2.58. The fraction of sp³-hybridized carbons (Fsp3) is 0.333. The quantitative estimate of drug-likeness (QED) is 0.499. The highest BCUT2D eigenvalue weighted by atomic mass is 32.2. The lowest BCUT2D eigenvalue weighted by Gasteiger charge is -2.22. The first-order chi connectivity index (χ1) is 11.6. The normalized spacial score (nSPS) is 14.1. The van der Waals surface area contributed by atoms with E-state index in [0.29, 0.717) is 11.5 Å². The lowest BCUT2D eigenvalue weighted by molar-refractivity contribution is -0.384. The Labute approximate surface area is 144 Å².